The highest BCUT2D eigenvalue weighted by atomic mass is 32.2. The average molecular weight is 570 g/mol. The molecule has 3 aromatic carbocycles. The molecule has 3 rings (SSSR count). The van der Waals surface area contributed by atoms with Gasteiger partial charge in [0.05, 0.1) is 11.1 Å². The number of nitrogens with two attached hydrogens (primary N) is 1. The Morgan fingerprint density at radius 2 is 1.48 bits per heavy atom. The molecule has 0 bridgehead atoms. The summed E-state index contributed by atoms with van der Waals surface area (Å²) in [5.41, 5.74) is 7.06. The fourth-order valence-electron chi connectivity index (χ4n) is 3.51. The molecule has 0 saturated heterocycles. The number of guanidine groups is 1. The van der Waals surface area contributed by atoms with E-state index in [1.165, 1.54) is 48.5 Å². The fourth-order valence-corrected chi connectivity index (χ4v) is 4.56. The lowest BCUT2D eigenvalue weighted by atomic mass is 10.0. The maximum absolute atomic E-state index is 12.8. The Labute approximate surface area is 229 Å². The van der Waals surface area contributed by atoms with Crippen LogP contribution in [0, 0.1) is 5.41 Å². The van der Waals surface area contributed by atoms with E-state index >= 15 is 0 Å². The van der Waals surface area contributed by atoms with E-state index in [9.17, 15) is 27.9 Å². The van der Waals surface area contributed by atoms with Gasteiger partial charge in [0.25, 0.3) is 10.2 Å². The molecule has 0 spiro atoms. The van der Waals surface area contributed by atoms with Crippen LogP contribution in [0.1, 0.15) is 31.8 Å². The Morgan fingerprint density at radius 1 is 0.925 bits per heavy atom. The number of likely N-dealkylation sites (N-methyl/N-ethyl adjacent to an activating group) is 1. The highest BCUT2D eigenvalue weighted by molar-refractivity contribution is 7.87. The van der Waals surface area contributed by atoms with E-state index in [2.05, 4.69) is 10.0 Å². The van der Waals surface area contributed by atoms with Crippen LogP contribution in [0.25, 0.3) is 0 Å². The Hall–Kier alpha value is -4.79. The molecule has 1 atom stereocenters. The lowest BCUT2D eigenvalue weighted by molar-refractivity contribution is -0.141. The third-order valence-corrected chi connectivity index (χ3v) is 7.25. The van der Waals surface area contributed by atoms with Crippen molar-refractivity contribution < 1.29 is 37.8 Å². The molecule has 210 valence electrons. The molecule has 14 heteroatoms. The number of esters is 1. The molecule has 0 radical (unpaired) electrons. The fraction of sp³-hybridized carbons (Fsp3) is 0.154. The summed E-state index contributed by atoms with van der Waals surface area (Å²) in [6.45, 7) is -0.162. The van der Waals surface area contributed by atoms with E-state index in [4.69, 9.17) is 21.0 Å². The average Bonchev–Trinajstić information content (AvgIpc) is 2.91. The number of nitrogens with zero attached hydrogens (tertiary/aromatic N) is 1. The normalized spacial score (nSPS) is 11.9. The molecular weight excluding hydrogens is 542 g/mol. The molecule has 40 heavy (non-hydrogen) atoms. The van der Waals surface area contributed by atoms with Crippen LogP contribution in [0.3, 0.4) is 0 Å². The topological polar surface area (TPSA) is 212 Å². The molecule has 0 unspecified atom stereocenters. The van der Waals surface area contributed by atoms with E-state index < -0.39 is 34.2 Å². The molecular formula is C26H27N5O8S. The van der Waals surface area contributed by atoms with Crippen LogP contribution in [0.2, 0.25) is 0 Å². The smallest absolute Gasteiger partial charge is 0.343 e. The first kappa shape index (κ1) is 29.8. The van der Waals surface area contributed by atoms with Gasteiger partial charge in [0.1, 0.15) is 11.8 Å². The maximum Gasteiger partial charge on any atom is 0.343 e. The largest absolute Gasteiger partial charge is 0.480 e. The van der Waals surface area contributed by atoms with Crippen molar-refractivity contribution >= 4 is 39.8 Å². The summed E-state index contributed by atoms with van der Waals surface area (Å²) in [6.07, 6.45) is -0.178. The Morgan fingerprint density at radius 3 is 2.00 bits per heavy atom. The minimum absolute atomic E-state index is 0.0245. The van der Waals surface area contributed by atoms with Crippen LogP contribution in [0.15, 0.2) is 72.8 Å². The molecule has 3 aromatic rings. The van der Waals surface area contributed by atoms with Crippen molar-refractivity contribution in [1.82, 2.24) is 9.03 Å². The zero-order valence-electron chi connectivity index (χ0n) is 21.2. The zero-order chi connectivity index (χ0) is 29.4. The van der Waals surface area contributed by atoms with Gasteiger partial charge in [-0.15, -0.1) is 0 Å². The van der Waals surface area contributed by atoms with Gasteiger partial charge in [-0.2, -0.15) is 17.4 Å². The van der Waals surface area contributed by atoms with Crippen molar-refractivity contribution in [3.8, 4) is 5.75 Å². The van der Waals surface area contributed by atoms with Crippen LogP contribution in [0.5, 0.6) is 5.75 Å². The van der Waals surface area contributed by atoms with Gasteiger partial charge in [0.15, 0.2) is 5.96 Å². The predicted molar refractivity (Wildman–Crippen MR) is 145 cm³/mol. The second-order valence-electron chi connectivity index (χ2n) is 8.55. The van der Waals surface area contributed by atoms with Crippen molar-refractivity contribution in [2.45, 2.75) is 19.0 Å². The number of ether oxygens (including phenoxy) is 1. The summed E-state index contributed by atoms with van der Waals surface area (Å²) < 4.78 is 34.0. The van der Waals surface area contributed by atoms with Crippen LogP contribution in [0.4, 0.5) is 5.69 Å². The number of carboxylic acids is 2. The van der Waals surface area contributed by atoms with Crippen LogP contribution in [-0.4, -0.2) is 59.9 Å². The summed E-state index contributed by atoms with van der Waals surface area (Å²) in [5.74, 6) is -3.14. The zero-order valence-corrected chi connectivity index (χ0v) is 22.0. The monoisotopic (exact) mass is 569 g/mol. The molecule has 0 saturated carbocycles. The number of benzene rings is 3. The van der Waals surface area contributed by atoms with Gasteiger partial charge < -0.3 is 26.0 Å². The SMILES string of the molecule is CN([C@@H](Cc1ccc(C(=O)O)cc1)C(=O)O)S(=O)(=O)NCc1ccc(OC(=O)c2ccc(NC(=N)N)cc2)cc1. The van der Waals surface area contributed by atoms with Crippen molar-refractivity contribution in [1.29, 1.82) is 5.41 Å². The van der Waals surface area contributed by atoms with Gasteiger partial charge in [0, 0.05) is 19.3 Å². The Bertz CT molecular complexity index is 1490. The lowest BCUT2D eigenvalue weighted by Crippen LogP contribution is -2.48. The second kappa shape index (κ2) is 12.8. The third kappa shape index (κ3) is 8.10. The summed E-state index contributed by atoms with van der Waals surface area (Å²) in [6, 6.07) is 16.2. The van der Waals surface area contributed by atoms with Gasteiger partial charge in [-0.25, -0.2) is 9.59 Å². The number of aliphatic carboxylic acids is 1. The first-order valence-electron chi connectivity index (χ1n) is 11.7. The van der Waals surface area contributed by atoms with Crippen molar-refractivity contribution in [3.63, 3.8) is 0 Å². The molecule has 0 amide bonds. The second-order valence-corrected chi connectivity index (χ2v) is 10.4. The lowest BCUT2D eigenvalue weighted by Gasteiger charge is -2.24. The van der Waals surface area contributed by atoms with Gasteiger partial charge in [-0.05, 0) is 66.1 Å². The van der Waals surface area contributed by atoms with Gasteiger partial charge in [-0.1, -0.05) is 24.3 Å². The minimum Gasteiger partial charge on any atom is -0.480 e. The summed E-state index contributed by atoms with van der Waals surface area (Å²) >= 11 is 0. The van der Waals surface area contributed by atoms with Crippen LogP contribution in [-0.2, 0) is 28.0 Å². The van der Waals surface area contributed by atoms with Crippen LogP contribution >= 0.6 is 0 Å². The van der Waals surface area contributed by atoms with Crippen molar-refractivity contribution in [3.05, 3.63) is 95.1 Å². The summed E-state index contributed by atoms with van der Waals surface area (Å²) in [4.78, 5) is 35.2. The van der Waals surface area contributed by atoms with Gasteiger partial charge in [-0.3, -0.25) is 10.2 Å². The van der Waals surface area contributed by atoms with E-state index in [0.717, 1.165) is 7.05 Å². The Kier molecular flexibility index (Phi) is 9.55. The molecule has 0 aliphatic rings. The van der Waals surface area contributed by atoms with Gasteiger partial charge >= 0.3 is 17.9 Å². The highest BCUT2D eigenvalue weighted by Gasteiger charge is 2.31. The molecule has 0 aromatic heterocycles. The number of rotatable bonds is 12. The van der Waals surface area contributed by atoms with Crippen LogP contribution < -0.4 is 20.5 Å². The maximum atomic E-state index is 12.8. The quantitative estimate of drug-likeness (QED) is 0.0806. The number of aromatic carboxylic acids is 1. The molecule has 13 nitrogen and oxygen atoms in total. The van der Waals surface area contributed by atoms with Crippen molar-refractivity contribution in [2.75, 3.05) is 12.4 Å². The first-order valence-corrected chi connectivity index (χ1v) is 13.1. The first-order chi connectivity index (χ1) is 18.9. The molecule has 0 aliphatic carbocycles. The Balaban J connectivity index is 1.59. The molecule has 0 heterocycles. The minimum atomic E-state index is -4.22. The number of hydrogen-bond acceptors (Lipinski definition) is 7. The standard InChI is InChI=1S/C26H27N5O8S/c1-31(22(24(34)35)14-16-2-6-18(7-3-16)23(32)33)40(37,38)29-15-17-4-12-21(13-5-17)39-25(36)19-8-10-20(11-9-19)30-26(27)28/h2-13,22,29H,14-15H2,1H3,(H,32,33)(H,34,35)(H4,27,28,30)/t22-/m0/s1. The summed E-state index contributed by atoms with van der Waals surface area (Å²) in [7, 11) is -3.09. The number of hydrogen-bond donors (Lipinski definition) is 6. The molecule has 0 fully saturated rings. The molecule has 7 N–H and O–H groups in total. The number of anilines is 1. The molecule has 0 aliphatic heterocycles. The van der Waals surface area contributed by atoms with E-state index in [1.54, 1.807) is 24.3 Å². The van der Waals surface area contributed by atoms with E-state index in [-0.39, 0.29) is 35.8 Å². The van der Waals surface area contributed by atoms with E-state index in [1.807, 2.05) is 0 Å². The van der Waals surface area contributed by atoms with E-state index in [0.29, 0.717) is 21.1 Å². The number of carbonyl (C=O) groups excluding carboxylic acids is 1. The highest BCUT2D eigenvalue weighted by Crippen LogP contribution is 2.17. The number of carbonyl (C=O) groups is 3. The predicted octanol–water partition coefficient (Wildman–Crippen LogP) is 1.87. The number of carboxylic acid groups (broad SMARTS) is 2. The summed E-state index contributed by atoms with van der Waals surface area (Å²) in [5, 5.41) is 28.5. The van der Waals surface area contributed by atoms with Gasteiger partial charge in [0.2, 0.25) is 0 Å². The third-order valence-electron chi connectivity index (χ3n) is 5.73. The van der Waals surface area contributed by atoms with Crippen molar-refractivity contribution in [2.24, 2.45) is 5.73 Å². The number of nitrogens with one attached hydrogen (secondary N) is 3.